The molecule has 0 radical (unpaired) electrons. The molecule has 1 aromatic heterocycles. The van der Waals surface area contributed by atoms with Crippen LogP contribution in [0.4, 0.5) is 0 Å². The minimum Gasteiger partial charge on any atom is -0.372 e. The van der Waals surface area contributed by atoms with Crippen molar-refractivity contribution in [3.05, 3.63) is 75.7 Å². The summed E-state index contributed by atoms with van der Waals surface area (Å²) in [6.45, 7) is 7.02. The van der Waals surface area contributed by atoms with E-state index >= 15 is 0 Å². The van der Waals surface area contributed by atoms with Crippen molar-refractivity contribution in [1.82, 2.24) is 20.0 Å². The molecule has 8 nitrogen and oxygen atoms in total. The first-order chi connectivity index (χ1) is 15.8. The van der Waals surface area contributed by atoms with Crippen LogP contribution < -0.4 is 10.9 Å². The molecule has 1 N–H and O–H groups in total. The van der Waals surface area contributed by atoms with Crippen molar-refractivity contribution in [3.63, 3.8) is 0 Å². The highest BCUT2D eigenvalue weighted by Gasteiger charge is 2.26. The third kappa shape index (κ3) is 5.12. The minimum atomic E-state index is -0.310. The first-order valence-corrected chi connectivity index (χ1v) is 11.1. The summed E-state index contributed by atoms with van der Waals surface area (Å²) in [6, 6.07) is 14.4. The third-order valence-corrected chi connectivity index (χ3v) is 5.74. The van der Waals surface area contributed by atoms with E-state index in [4.69, 9.17) is 4.74 Å². The summed E-state index contributed by atoms with van der Waals surface area (Å²) in [5.41, 5.74) is 1.87. The number of carbonyl (C=O) groups excluding carboxylic acids is 2. The Morgan fingerprint density at radius 3 is 2.33 bits per heavy atom. The van der Waals surface area contributed by atoms with Gasteiger partial charge >= 0.3 is 0 Å². The topological polar surface area (TPSA) is 93.5 Å². The van der Waals surface area contributed by atoms with Gasteiger partial charge in [-0.2, -0.15) is 5.10 Å². The summed E-state index contributed by atoms with van der Waals surface area (Å²) >= 11 is 0. The molecule has 8 heteroatoms. The van der Waals surface area contributed by atoms with Crippen molar-refractivity contribution in [3.8, 4) is 0 Å². The van der Waals surface area contributed by atoms with Crippen LogP contribution in [0.1, 0.15) is 35.5 Å². The molecular weight excluding hydrogens is 420 g/mol. The average Bonchev–Trinajstić information content (AvgIpc) is 2.80. The maximum atomic E-state index is 12.8. The van der Waals surface area contributed by atoms with Crippen molar-refractivity contribution >= 4 is 22.6 Å². The average molecular weight is 449 g/mol. The summed E-state index contributed by atoms with van der Waals surface area (Å²) in [7, 11) is 0. The molecule has 172 valence electrons. The summed E-state index contributed by atoms with van der Waals surface area (Å²) in [5, 5.41) is 8.42. The minimum absolute atomic E-state index is 0.0144. The lowest BCUT2D eigenvalue weighted by Gasteiger charge is -2.35. The van der Waals surface area contributed by atoms with E-state index in [1.54, 1.807) is 24.3 Å². The molecule has 0 spiro atoms. The molecule has 0 bridgehead atoms. The zero-order valence-corrected chi connectivity index (χ0v) is 19.1. The van der Waals surface area contributed by atoms with Crippen molar-refractivity contribution in [2.75, 3.05) is 13.1 Å². The summed E-state index contributed by atoms with van der Waals surface area (Å²) in [4.78, 5) is 39.7. The highest BCUT2D eigenvalue weighted by Crippen LogP contribution is 2.15. The highest BCUT2D eigenvalue weighted by atomic mass is 16.5. The smallest absolute Gasteiger partial charge is 0.275 e. The van der Waals surface area contributed by atoms with E-state index in [2.05, 4.69) is 10.4 Å². The zero-order chi connectivity index (χ0) is 23.5. The van der Waals surface area contributed by atoms with E-state index in [-0.39, 0.29) is 36.1 Å². The molecule has 2 unspecified atom stereocenters. The molecular formula is C25H28N4O4. The van der Waals surface area contributed by atoms with E-state index in [9.17, 15) is 14.4 Å². The molecule has 1 fully saturated rings. The Hall–Kier alpha value is -3.52. The maximum Gasteiger partial charge on any atom is 0.275 e. The molecule has 0 saturated carbocycles. The lowest BCUT2D eigenvalue weighted by atomic mass is 10.1. The number of nitrogens with one attached hydrogen (secondary N) is 1. The maximum absolute atomic E-state index is 12.8. The Morgan fingerprint density at radius 2 is 1.67 bits per heavy atom. The first kappa shape index (κ1) is 22.7. The largest absolute Gasteiger partial charge is 0.372 e. The lowest BCUT2D eigenvalue weighted by molar-refractivity contribution is -0.122. The van der Waals surface area contributed by atoms with E-state index in [1.165, 1.54) is 4.68 Å². The fraction of sp³-hybridized carbons (Fsp3) is 0.360. The van der Waals surface area contributed by atoms with Crippen LogP contribution in [0.15, 0.2) is 53.3 Å². The Bertz CT molecular complexity index is 1230. The quantitative estimate of drug-likeness (QED) is 0.646. The Labute approximate surface area is 192 Å². The number of hydrogen-bond acceptors (Lipinski definition) is 5. The molecule has 1 aliphatic heterocycles. The van der Waals surface area contributed by atoms with Gasteiger partial charge in [0.25, 0.3) is 11.5 Å². The van der Waals surface area contributed by atoms with E-state index in [1.807, 2.05) is 49.9 Å². The van der Waals surface area contributed by atoms with Gasteiger partial charge in [-0.15, -0.1) is 0 Å². The van der Waals surface area contributed by atoms with Crippen molar-refractivity contribution < 1.29 is 14.3 Å². The zero-order valence-electron chi connectivity index (χ0n) is 19.1. The monoisotopic (exact) mass is 448 g/mol. The second-order valence-electron chi connectivity index (χ2n) is 8.53. The fourth-order valence-corrected chi connectivity index (χ4v) is 4.20. The van der Waals surface area contributed by atoms with Gasteiger partial charge in [0.05, 0.1) is 23.3 Å². The molecule has 3 aromatic rings. The second-order valence-corrected chi connectivity index (χ2v) is 8.53. The van der Waals surface area contributed by atoms with Gasteiger partial charge in [0, 0.05) is 30.6 Å². The molecule has 2 heterocycles. The molecule has 33 heavy (non-hydrogen) atoms. The SMILES string of the molecule is Cc1nn(CC(=O)NCc2ccc(C(=O)N3CC(C)OC(C)C3)cc2)c(=O)c2ccccc12. The number of aromatic nitrogens is 2. The standard InChI is InChI=1S/C25H28N4O4/c1-16-13-28(14-17(2)33-16)24(31)20-10-8-19(9-11-20)12-26-23(30)15-29-25(32)22-7-5-4-6-21(22)18(3)27-29/h4-11,16-17H,12-15H2,1-3H3,(H,26,30). The van der Waals surface area contributed by atoms with Crippen LogP contribution in [0.5, 0.6) is 0 Å². The predicted octanol–water partition coefficient (Wildman–Crippen LogP) is 2.27. The number of rotatable bonds is 5. The number of amides is 2. The summed E-state index contributed by atoms with van der Waals surface area (Å²) in [6.07, 6.45) is 0.0288. The number of hydrogen-bond donors (Lipinski definition) is 1. The van der Waals surface area contributed by atoms with E-state index < -0.39 is 0 Å². The number of fused-ring (bicyclic) bond motifs is 1. The van der Waals surface area contributed by atoms with Gasteiger partial charge in [-0.05, 0) is 44.5 Å². The Kier molecular flexibility index (Phi) is 6.55. The number of morpholine rings is 1. The molecule has 2 amide bonds. The van der Waals surface area contributed by atoms with Crippen molar-refractivity contribution in [2.45, 2.75) is 46.1 Å². The van der Waals surface area contributed by atoms with Gasteiger partial charge in [0.15, 0.2) is 0 Å². The number of ether oxygens (including phenoxy) is 1. The van der Waals surface area contributed by atoms with Crippen LogP contribution >= 0.6 is 0 Å². The van der Waals surface area contributed by atoms with Crippen LogP contribution in [0, 0.1) is 6.92 Å². The number of carbonyl (C=O) groups is 2. The second kappa shape index (κ2) is 9.54. The molecule has 0 aliphatic carbocycles. The molecule has 2 aromatic carbocycles. The molecule has 4 rings (SSSR count). The van der Waals surface area contributed by atoms with Gasteiger partial charge in [-0.25, -0.2) is 4.68 Å². The fourth-order valence-electron chi connectivity index (χ4n) is 4.20. The molecule has 2 atom stereocenters. The third-order valence-electron chi connectivity index (χ3n) is 5.74. The number of aryl methyl sites for hydroxylation is 1. The summed E-state index contributed by atoms with van der Waals surface area (Å²) in [5.74, 6) is -0.333. The van der Waals surface area contributed by atoms with E-state index in [0.717, 1.165) is 10.9 Å². The van der Waals surface area contributed by atoms with Crippen molar-refractivity contribution in [2.24, 2.45) is 0 Å². The van der Waals surface area contributed by atoms with Crippen LogP contribution in [0.25, 0.3) is 10.8 Å². The van der Waals surface area contributed by atoms with Crippen LogP contribution in [-0.4, -0.2) is 51.8 Å². The van der Waals surface area contributed by atoms with Crippen LogP contribution in [0.3, 0.4) is 0 Å². The van der Waals surface area contributed by atoms with Crippen LogP contribution in [-0.2, 0) is 22.6 Å². The number of benzene rings is 2. The molecule has 1 saturated heterocycles. The predicted molar refractivity (Wildman–Crippen MR) is 125 cm³/mol. The summed E-state index contributed by atoms with van der Waals surface area (Å²) < 4.78 is 6.89. The van der Waals surface area contributed by atoms with Crippen molar-refractivity contribution in [1.29, 1.82) is 0 Å². The lowest BCUT2D eigenvalue weighted by Crippen LogP contribution is -2.48. The van der Waals surface area contributed by atoms with Gasteiger partial charge in [0.2, 0.25) is 5.91 Å². The highest BCUT2D eigenvalue weighted by molar-refractivity contribution is 5.94. The van der Waals surface area contributed by atoms with Gasteiger partial charge in [0.1, 0.15) is 6.54 Å². The van der Waals surface area contributed by atoms with Gasteiger partial charge in [-0.3, -0.25) is 14.4 Å². The first-order valence-electron chi connectivity index (χ1n) is 11.1. The van der Waals surface area contributed by atoms with E-state index in [0.29, 0.717) is 36.3 Å². The van der Waals surface area contributed by atoms with Gasteiger partial charge in [-0.1, -0.05) is 30.3 Å². The van der Waals surface area contributed by atoms with Gasteiger partial charge < -0.3 is 15.0 Å². The Balaban J connectivity index is 1.36. The normalized spacial score (nSPS) is 18.3. The Morgan fingerprint density at radius 1 is 1.03 bits per heavy atom. The molecule has 1 aliphatic rings. The number of nitrogens with zero attached hydrogens (tertiary/aromatic N) is 3. The van der Waals surface area contributed by atoms with Crippen LogP contribution in [0.2, 0.25) is 0 Å².